The first-order valence-electron chi connectivity index (χ1n) is 4.04. The summed E-state index contributed by atoms with van der Waals surface area (Å²) in [5.74, 6) is -0.442. The van der Waals surface area contributed by atoms with Crippen LogP contribution in [0.25, 0.3) is 6.08 Å². The van der Waals surface area contributed by atoms with Crippen molar-refractivity contribution in [1.82, 2.24) is 0 Å². The van der Waals surface area contributed by atoms with Crippen LogP contribution in [0.1, 0.15) is 15.9 Å². The van der Waals surface area contributed by atoms with Crippen LogP contribution in [-0.2, 0) is 0 Å². The van der Waals surface area contributed by atoms with Crippen LogP contribution in [0.15, 0.2) is 23.9 Å². The van der Waals surface area contributed by atoms with Crippen molar-refractivity contribution in [3.63, 3.8) is 0 Å². The zero-order valence-corrected chi connectivity index (χ0v) is 7.24. The molecule has 0 radical (unpaired) electrons. The molecule has 0 fully saturated rings. The number of carbonyl (C=O) groups excluding carboxylic acids is 1. The lowest BCUT2D eigenvalue weighted by Gasteiger charge is -2.14. The SMILES string of the molecule is N=C1C(=O)c2cccc(O)c2C=C1N. The summed E-state index contributed by atoms with van der Waals surface area (Å²) in [4.78, 5) is 11.5. The number of rotatable bonds is 0. The first kappa shape index (κ1) is 8.50. The van der Waals surface area contributed by atoms with Crippen LogP contribution in [0.2, 0.25) is 0 Å². The monoisotopic (exact) mass is 188 g/mol. The fraction of sp³-hybridized carbons (Fsp3) is 0. The van der Waals surface area contributed by atoms with E-state index in [4.69, 9.17) is 11.1 Å². The molecule has 0 amide bonds. The van der Waals surface area contributed by atoms with Crippen molar-refractivity contribution in [3.05, 3.63) is 35.0 Å². The van der Waals surface area contributed by atoms with Crippen LogP contribution in [0, 0.1) is 5.41 Å². The lowest BCUT2D eigenvalue weighted by atomic mass is 9.92. The van der Waals surface area contributed by atoms with E-state index >= 15 is 0 Å². The van der Waals surface area contributed by atoms with Gasteiger partial charge in [0.05, 0.1) is 5.70 Å². The summed E-state index contributed by atoms with van der Waals surface area (Å²) < 4.78 is 0. The van der Waals surface area contributed by atoms with Gasteiger partial charge < -0.3 is 10.8 Å². The summed E-state index contributed by atoms with van der Waals surface area (Å²) in [5, 5.41) is 16.8. The minimum atomic E-state index is -0.448. The number of benzene rings is 1. The lowest BCUT2D eigenvalue weighted by Crippen LogP contribution is -2.24. The average molecular weight is 188 g/mol. The number of nitrogens with one attached hydrogen (secondary N) is 1. The fourth-order valence-electron chi connectivity index (χ4n) is 1.40. The Balaban J connectivity index is 2.76. The quantitative estimate of drug-likeness (QED) is 0.565. The van der Waals surface area contributed by atoms with E-state index in [2.05, 4.69) is 0 Å². The first-order chi connectivity index (χ1) is 6.61. The number of allylic oxidation sites excluding steroid dienone is 1. The van der Waals surface area contributed by atoms with Crippen molar-refractivity contribution in [2.24, 2.45) is 5.73 Å². The molecule has 4 N–H and O–H groups in total. The molecule has 4 heteroatoms. The van der Waals surface area contributed by atoms with E-state index in [1.54, 1.807) is 12.1 Å². The molecule has 4 nitrogen and oxygen atoms in total. The van der Waals surface area contributed by atoms with Gasteiger partial charge in [0.15, 0.2) is 0 Å². The maximum atomic E-state index is 11.5. The van der Waals surface area contributed by atoms with Gasteiger partial charge in [-0.2, -0.15) is 0 Å². The van der Waals surface area contributed by atoms with Crippen LogP contribution < -0.4 is 5.73 Å². The van der Waals surface area contributed by atoms with Crippen LogP contribution in [0.3, 0.4) is 0 Å². The molecular weight excluding hydrogens is 180 g/mol. The van der Waals surface area contributed by atoms with Gasteiger partial charge in [0, 0.05) is 11.1 Å². The largest absolute Gasteiger partial charge is 0.507 e. The van der Waals surface area contributed by atoms with Gasteiger partial charge in [0.25, 0.3) is 0 Å². The molecule has 1 aromatic rings. The number of carbonyl (C=O) groups is 1. The van der Waals surface area contributed by atoms with E-state index in [1.807, 2.05) is 0 Å². The second-order valence-corrected chi connectivity index (χ2v) is 3.04. The minimum Gasteiger partial charge on any atom is -0.507 e. The summed E-state index contributed by atoms with van der Waals surface area (Å²) >= 11 is 0. The summed E-state index contributed by atoms with van der Waals surface area (Å²) in [7, 11) is 0. The summed E-state index contributed by atoms with van der Waals surface area (Å²) in [6, 6.07) is 4.61. The lowest BCUT2D eigenvalue weighted by molar-refractivity contribution is 0.106. The van der Waals surface area contributed by atoms with E-state index in [1.165, 1.54) is 12.1 Å². The molecule has 0 atom stereocenters. The Morgan fingerprint density at radius 3 is 2.79 bits per heavy atom. The molecule has 1 aliphatic carbocycles. The number of Topliss-reactive ketones (excluding diaryl/α,β-unsaturated/α-hetero) is 1. The highest BCUT2D eigenvalue weighted by Gasteiger charge is 2.23. The van der Waals surface area contributed by atoms with E-state index in [-0.39, 0.29) is 17.2 Å². The maximum Gasteiger partial charge on any atom is 0.213 e. The average Bonchev–Trinajstić information content (AvgIpc) is 2.17. The third-order valence-corrected chi connectivity index (χ3v) is 2.14. The molecule has 0 saturated heterocycles. The minimum absolute atomic E-state index is 0.00583. The zero-order chi connectivity index (χ0) is 10.3. The van der Waals surface area contributed by atoms with Crippen molar-refractivity contribution in [1.29, 1.82) is 5.41 Å². The number of phenolic OH excluding ortho intramolecular Hbond substituents is 1. The number of ketones is 1. The molecule has 0 saturated carbocycles. The molecule has 14 heavy (non-hydrogen) atoms. The van der Waals surface area contributed by atoms with Crippen LogP contribution in [-0.4, -0.2) is 16.6 Å². The Hall–Kier alpha value is -2.10. The van der Waals surface area contributed by atoms with Gasteiger partial charge in [-0.25, -0.2) is 0 Å². The number of nitrogens with two attached hydrogens (primary N) is 1. The highest BCUT2D eigenvalue weighted by Crippen LogP contribution is 2.27. The summed E-state index contributed by atoms with van der Waals surface area (Å²) in [6.07, 6.45) is 1.44. The Labute approximate surface area is 80.2 Å². The molecular formula is C10H8N2O2. The third-order valence-electron chi connectivity index (χ3n) is 2.14. The van der Waals surface area contributed by atoms with Crippen LogP contribution in [0.4, 0.5) is 0 Å². The first-order valence-corrected chi connectivity index (χ1v) is 4.04. The summed E-state index contributed by atoms with van der Waals surface area (Å²) in [6.45, 7) is 0. The molecule has 0 heterocycles. The maximum absolute atomic E-state index is 11.5. The molecule has 70 valence electrons. The van der Waals surface area contributed by atoms with Crippen molar-refractivity contribution in [3.8, 4) is 5.75 Å². The van der Waals surface area contributed by atoms with Gasteiger partial charge in [-0.15, -0.1) is 0 Å². The molecule has 1 aliphatic rings. The fourth-order valence-corrected chi connectivity index (χ4v) is 1.40. The number of aromatic hydroxyl groups is 1. The Bertz CT molecular complexity index is 475. The predicted octanol–water partition coefficient (Wildman–Crippen LogP) is 0.908. The Kier molecular flexibility index (Phi) is 1.64. The second-order valence-electron chi connectivity index (χ2n) is 3.04. The third kappa shape index (κ3) is 1.01. The van der Waals surface area contributed by atoms with Gasteiger partial charge >= 0.3 is 0 Å². The molecule has 0 unspecified atom stereocenters. The predicted molar refractivity (Wildman–Crippen MR) is 52.3 cm³/mol. The normalized spacial score (nSPS) is 15.0. The van der Waals surface area contributed by atoms with E-state index in [0.29, 0.717) is 11.1 Å². The van der Waals surface area contributed by atoms with Crippen molar-refractivity contribution < 1.29 is 9.90 Å². The summed E-state index contributed by atoms with van der Waals surface area (Å²) in [5.41, 5.74) is 6.04. The van der Waals surface area contributed by atoms with Crippen molar-refractivity contribution in [2.75, 3.05) is 0 Å². The highest BCUT2D eigenvalue weighted by atomic mass is 16.3. The number of hydrogen-bond acceptors (Lipinski definition) is 4. The van der Waals surface area contributed by atoms with Gasteiger partial charge in [0.1, 0.15) is 11.5 Å². The van der Waals surface area contributed by atoms with Gasteiger partial charge in [-0.1, -0.05) is 12.1 Å². The van der Waals surface area contributed by atoms with E-state index < -0.39 is 5.78 Å². The zero-order valence-electron chi connectivity index (χ0n) is 7.24. The van der Waals surface area contributed by atoms with Crippen LogP contribution in [0.5, 0.6) is 5.75 Å². The van der Waals surface area contributed by atoms with Gasteiger partial charge in [-0.05, 0) is 12.1 Å². The smallest absolute Gasteiger partial charge is 0.213 e. The number of hydrogen-bond donors (Lipinski definition) is 3. The topological polar surface area (TPSA) is 87.2 Å². The number of fused-ring (bicyclic) bond motifs is 1. The van der Waals surface area contributed by atoms with E-state index in [9.17, 15) is 9.90 Å². The molecule has 2 rings (SSSR count). The standard InChI is InChI=1S/C10H8N2O2/c11-7-4-6-5(10(14)9(7)12)2-1-3-8(6)13/h1-4,12-13H,11H2. The van der Waals surface area contributed by atoms with Gasteiger partial charge in [-0.3, -0.25) is 10.2 Å². The van der Waals surface area contributed by atoms with Crippen LogP contribution >= 0.6 is 0 Å². The molecule has 0 bridgehead atoms. The van der Waals surface area contributed by atoms with Crippen molar-refractivity contribution >= 4 is 17.6 Å². The highest BCUT2D eigenvalue weighted by molar-refractivity contribution is 6.52. The molecule has 0 aromatic heterocycles. The molecule has 0 spiro atoms. The van der Waals surface area contributed by atoms with E-state index in [0.717, 1.165) is 0 Å². The van der Waals surface area contributed by atoms with Crippen molar-refractivity contribution in [2.45, 2.75) is 0 Å². The Morgan fingerprint density at radius 1 is 1.36 bits per heavy atom. The second kappa shape index (κ2) is 2.70. The number of phenols is 1. The van der Waals surface area contributed by atoms with Gasteiger partial charge in [0.2, 0.25) is 5.78 Å². The Morgan fingerprint density at radius 2 is 2.07 bits per heavy atom. The molecule has 0 aliphatic heterocycles. The molecule has 1 aromatic carbocycles.